The lowest BCUT2D eigenvalue weighted by Crippen LogP contribution is -2.56. The van der Waals surface area contributed by atoms with Crippen LogP contribution in [0.25, 0.3) is 0 Å². The molecule has 4 aliphatic heterocycles. The maximum atomic E-state index is 14.9. The number of likely N-dealkylation sites (tertiary alicyclic amines) is 1. The molecule has 48 heavy (non-hydrogen) atoms. The predicted octanol–water partition coefficient (Wildman–Crippen LogP) is 4.85. The van der Waals surface area contributed by atoms with E-state index in [4.69, 9.17) is 21.1 Å². The van der Waals surface area contributed by atoms with Gasteiger partial charge < -0.3 is 29.7 Å². The van der Waals surface area contributed by atoms with Crippen LogP contribution in [0.2, 0.25) is 5.02 Å². The molecular weight excluding hydrogens is 702 g/mol. The summed E-state index contributed by atoms with van der Waals surface area (Å²) in [6.45, 7) is 2.22. The average Bonchev–Trinajstić information content (AvgIpc) is 3.67. The Morgan fingerprint density at radius 3 is 2.46 bits per heavy atom. The van der Waals surface area contributed by atoms with Crippen LogP contribution in [0.5, 0.6) is 0 Å². The summed E-state index contributed by atoms with van der Waals surface area (Å²) < 4.78 is 13.4. The molecule has 6 rings (SSSR count). The second-order valence-corrected chi connectivity index (χ2v) is 14.1. The Hall–Kier alpha value is -3.51. The summed E-state index contributed by atoms with van der Waals surface area (Å²) in [6, 6.07) is 14.4. The summed E-state index contributed by atoms with van der Waals surface area (Å²) in [5, 5.41) is 12.9. The minimum Gasteiger partial charge on any atom is -0.455 e. The fraction of sp³-hybridized carbons (Fsp3) is 0.444. The highest BCUT2D eigenvalue weighted by atomic mass is 79.9. The molecule has 5 bridgehead atoms. The van der Waals surface area contributed by atoms with Crippen molar-refractivity contribution in [2.45, 2.75) is 68.9 Å². The Bertz CT molecular complexity index is 1600. The molecule has 0 radical (unpaired) electrons. The molecule has 2 N–H and O–H groups in total. The molecule has 2 fully saturated rings. The van der Waals surface area contributed by atoms with Crippen LogP contribution in [0.4, 0.5) is 5.69 Å². The van der Waals surface area contributed by atoms with Gasteiger partial charge in [0, 0.05) is 41.3 Å². The fourth-order valence-corrected chi connectivity index (χ4v) is 8.25. The molecule has 7 atom stereocenters. The topological polar surface area (TPSA) is 125 Å². The first-order valence-corrected chi connectivity index (χ1v) is 17.6. The van der Waals surface area contributed by atoms with Crippen molar-refractivity contribution >= 4 is 56.9 Å². The van der Waals surface area contributed by atoms with Crippen LogP contribution in [0, 0.1) is 11.8 Å². The van der Waals surface area contributed by atoms with E-state index < -0.39 is 47.7 Å². The third kappa shape index (κ3) is 6.45. The smallest absolute Gasteiger partial charge is 0.313 e. The first kappa shape index (κ1) is 34.4. The Kier molecular flexibility index (Phi) is 10.4. The predicted molar refractivity (Wildman–Crippen MR) is 183 cm³/mol. The number of nitrogens with one attached hydrogen (secondary N) is 1. The molecule has 0 aromatic heterocycles. The molecule has 4 heterocycles. The number of esters is 1. The first-order valence-electron chi connectivity index (χ1n) is 16.4. The normalized spacial score (nSPS) is 31.4. The van der Waals surface area contributed by atoms with Crippen LogP contribution in [0.1, 0.15) is 50.7 Å². The number of benzene rings is 2. The molecule has 0 aliphatic carbocycles. The molecule has 254 valence electrons. The van der Waals surface area contributed by atoms with Crippen molar-refractivity contribution < 1.29 is 33.8 Å². The van der Waals surface area contributed by atoms with E-state index in [0.29, 0.717) is 46.4 Å². The number of anilines is 1. The minimum atomic E-state index is -1.43. The maximum Gasteiger partial charge on any atom is 0.313 e. The number of fused-ring (bicyclic) bond motifs is 2. The summed E-state index contributed by atoms with van der Waals surface area (Å²) >= 11 is 9.80. The number of unbranched alkanes of at least 4 members (excludes halogenated alkanes) is 2. The zero-order chi connectivity index (χ0) is 34.0. The van der Waals surface area contributed by atoms with Gasteiger partial charge in [0.15, 0.2) is 0 Å². The first-order chi connectivity index (χ1) is 23.2. The van der Waals surface area contributed by atoms with Gasteiger partial charge in [-0.25, -0.2) is 0 Å². The Morgan fingerprint density at radius 2 is 1.73 bits per heavy atom. The van der Waals surface area contributed by atoms with Crippen molar-refractivity contribution in [2.75, 3.05) is 24.6 Å². The molecular formula is C36H39BrClN3O7. The number of hydrogen-bond donors (Lipinski definition) is 2. The van der Waals surface area contributed by atoms with Crippen LogP contribution >= 0.6 is 27.5 Å². The highest BCUT2D eigenvalue weighted by Gasteiger charge is 2.75. The SMILES string of the molecule is C[C@@H]1NC(=O)CC/C=C\CN(c2ccc(Cl)cc2)C(=O)[C@H]2N(CCCCCO)C(=O)[C@@H]3[C@@H](C(=O)O[C@H]1c1ccccc1)[C@@H]1O[C@@]32C=C1Br. The van der Waals surface area contributed by atoms with E-state index in [9.17, 15) is 24.3 Å². The van der Waals surface area contributed by atoms with Crippen molar-refractivity contribution in [3.63, 3.8) is 0 Å². The van der Waals surface area contributed by atoms with E-state index in [2.05, 4.69) is 21.2 Å². The number of ether oxygens (including phenoxy) is 2. The van der Waals surface area contributed by atoms with Crippen LogP contribution in [0.3, 0.4) is 0 Å². The van der Waals surface area contributed by atoms with E-state index in [-0.39, 0.29) is 43.8 Å². The molecule has 2 saturated heterocycles. The summed E-state index contributed by atoms with van der Waals surface area (Å²) in [5.74, 6) is -3.63. The van der Waals surface area contributed by atoms with Crippen LogP contribution in [0.15, 0.2) is 77.3 Å². The number of hydrogen-bond acceptors (Lipinski definition) is 7. The number of aliphatic hydroxyl groups excluding tert-OH is 1. The second kappa shape index (κ2) is 14.5. The largest absolute Gasteiger partial charge is 0.455 e. The lowest BCUT2D eigenvalue weighted by Gasteiger charge is -2.36. The number of halogens is 2. The van der Waals surface area contributed by atoms with Crippen molar-refractivity contribution in [1.82, 2.24) is 10.2 Å². The van der Waals surface area contributed by atoms with Gasteiger partial charge >= 0.3 is 5.97 Å². The van der Waals surface area contributed by atoms with E-state index in [1.54, 1.807) is 47.1 Å². The van der Waals surface area contributed by atoms with Gasteiger partial charge in [-0.15, -0.1) is 0 Å². The molecule has 2 aromatic carbocycles. The van der Waals surface area contributed by atoms with E-state index in [1.165, 1.54) is 0 Å². The number of carbonyl (C=O) groups excluding carboxylic acids is 4. The third-order valence-corrected chi connectivity index (χ3v) is 10.5. The van der Waals surface area contributed by atoms with Crippen molar-refractivity contribution in [3.8, 4) is 0 Å². The highest BCUT2D eigenvalue weighted by Crippen LogP contribution is 2.59. The molecule has 4 aliphatic rings. The number of aliphatic hydroxyl groups is 1. The lowest BCUT2D eigenvalue weighted by molar-refractivity contribution is -0.161. The number of cyclic esters (lactones) is 1. The summed E-state index contributed by atoms with van der Waals surface area (Å²) in [7, 11) is 0. The van der Waals surface area contributed by atoms with Crippen molar-refractivity contribution in [2.24, 2.45) is 11.8 Å². The molecule has 12 heteroatoms. The summed E-state index contributed by atoms with van der Waals surface area (Å²) in [4.78, 5) is 59.9. The standard InChI is InChI=1S/C36H39BrClN3O7/c1-22-30(23-11-5-2-6-12-23)47-35(46)28-29-33(44)41(19-9-4-10-20-42)32(36(29)21-26(37)31(28)48-36)34(45)40(25-16-14-24(38)15-17-25)18-8-3-7-13-27(43)39-22/h2-3,5-6,8,11-12,14-17,21-22,28-32,42H,4,7,9-10,13,18-20H2,1H3,(H,39,43)/b8-3-/t22-,28+,29-,30+,31+,32+,36-/m0/s1. The number of allylic oxidation sites excluding steroid dienone is 1. The van der Waals surface area contributed by atoms with Gasteiger partial charge in [0.25, 0.3) is 5.91 Å². The van der Waals surface area contributed by atoms with Crippen molar-refractivity contribution in [1.29, 1.82) is 0 Å². The molecule has 3 amide bonds. The second-order valence-electron chi connectivity index (χ2n) is 12.7. The van der Waals surface area contributed by atoms with E-state index >= 15 is 0 Å². The van der Waals surface area contributed by atoms with E-state index in [0.717, 1.165) is 0 Å². The summed E-state index contributed by atoms with van der Waals surface area (Å²) in [6.07, 6.45) is 6.18. The molecule has 0 unspecified atom stereocenters. The lowest BCUT2D eigenvalue weighted by atomic mass is 9.74. The van der Waals surface area contributed by atoms with Crippen molar-refractivity contribution in [3.05, 3.63) is 87.9 Å². The van der Waals surface area contributed by atoms with E-state index in [1.807, 2.05) is 42.5 Å². The number of nitrogens with zero attached hydrogens (tertiary/aromatic N) is 2. The van der Waals surface area contributed by atoms with Gasteiger partial charge in [-0.2, -0.15) is 0 Å². The zero-order valence-corrected chi connectivity index (χ0v) is 28.9. The van der Waals surface area contributed by atoms with Gasteiger partial charge in [0.05, 0.1) is 12.0 Å². The molecule has 0 saturated carbocycles. The quantitative estimate of drug-likeness (QED) is 0.236. The Labute approximate surface area is 293 Å². The maximum absolute atomic E-state index is 14.9. The fourth-order valence-electron chi connectivity index (χ4n) is 7.39. The van der Waals surface area contributed by atoms with Gasteiger partial charge in [0.2, 0.25) is 11.8 Å². The van der Waals surface area contributed by atoms with Crippen LogP contribution in [-0.4, -0.2) is 77.2 Å². The van der Waals surface area contributed by atoms with Gasteiger partial charge in [-0.05, 0) is 68.5 Å². The molecule has 2 aromatic rings. The van der Waals surface area contributed by atoms with Gasteiger partial charge in [-0.1, -0.05) is 70.0 Å². The minimum absolute atomic E-state index is 0.0232. The Balaban J connectivity index is 1.45. The Morgan fingerprint density at radius 1 is 0.979 bits per heavy atom. The third-order valence-electron chi connectivity index (χ3n) is 9.60. The van der Waals surface area contributed by atoms with Gasteiger partial charge in [-0.3, -0.25) is 19.2 Å². The van der Waals surface area contributed by atoms with Crippen LogP contribution < -0.4 is 10.2 Å². The number of rotatable bonds is 7. The monoisotopic (exact) mass is 739 g/mol. The summed E-state index contributed by atoms with van der Waals surface area (Å²) in [5.41, 5.74) is -0.161. The van der Waals surface area contributed by atoms with Crippen LogP contribution in [-0.2, 0) is 28.7 Å². The number of carbonyl (C=O) groups is 4. The number of amides is 3. The zero-order valence-electron chi connectivity index (χ0n) is 26.6. The molecule has 10 nitrogen and oxygen atoms in total. The van der Waals surface area contributed by atoms with Gasteiger partial charge in [0.1, 0.15) is 29.8 Å². The average molecular weight is 741 g/mol. The molecule has 1 spiro atoms. The highest BCUT2D eigenvalue weighted by molar-refractivity contribution is 9.11.